The highest BCUT2D eigenvalue weighted by Gasteiger charge is 2.07. The van der Waals surface area contributed by atoms with Crippen molar-refractivity contribution in [3.05, 3.63) is 52.0 Å². The van der Waals surface area contributed by atoms with Crippen LogP contribution in [0.5, 0.6) is 0 Å². The number of hydrogen-bond donors (Lipinski definition) is 2. The van der Waals surface area contributed by atoms with E-state index in [-0.39, 0.29) is 11.7 Å². The first-order valence-corrected chi connectivity index (χ1v) is 7.93. The van der Waals surface area contributed by atoms with Crippen LogP contribution in [0.15, 0.2) is 41.3 Å². The van der Waals surface area contributed by atoms with E-state index >= 15 is 0 Å². The van der Waals surface area contributed by atoms with E-state index in [1.807, 2.05) is 19.1 Å². The molecule has 0 radical (unpaired) electrons. The number of anilines is 2. The lowest BCUT2D eigenvalue weighted by atomic mass is 10.2. The van der Waals surface area contributed by atoms with E-state index in [4.69, 9.17) is 28.9 Å². The molecular formula is C15H14Cl2N2OS. The molecule has 2 aromatic rings. The van der Waals surface area contributed by atoms with E-state index in [1.54, 1.807) is 24.3 Å². The summed E-state index contributed by atoms with van der Waals surface area (Å²) in [7, 11) is 0. The Morgan fingerprint density at radius 3 is 2.67 bits per heavy atom. The van der Waals surface area contributed by atoms with Gasteiger partial charge in [0, 0.05) is 26.3 Å². The minimum Gasteiger partial charge on any atom is -0.398 e. The van der Waals surface area contributed by atoms with E-state index < -0.39 is 0 Å². The fourth-order valence-corrected chi connectivity index (χ4v) is 2.77. The molecule has 6 heteroatoms. The molecule has 0 heterocycles. The van der Waals surface area contributed by atoms with Crippen molar-refractivity contribution in [1.82, 2.24) is 0 Å². The average Bonchev–Trinajstić information content (AvgIpc) is 2.42. The van der Waals surface area contributed by atoms with Crippen LogP contribution >= 0.6 is 35.0 Å². The summed E-state index contributed by atoms with van der Waals surface area (Å²) in [4.78, 5) is 12.7. The molecule has 0 saturated heterocycles. The molecular weight excluding hydrogens is 327 g/mol. The van der Waals surface area contributed by atoms with Gasteiger partial charge in [0.25, 0.3) is 0 Å². The van der Waals surface area contributed by atoms with Gasteiger partial charge in [-0.05, 0) is 42.8 Å². The molecule has 0 aromatic heterocycles. The van der Waals surface area contributed by atoms with Crippen LogP contribution in [-0.2, 0) is 4.79 Å². The maximum absolute atomic E-state index is 11.9. The largest absolute Gasteiger partial charge is 0.398 e. The van der Waals surface area contributed by atoms with Crippen LogP contribution in [0.1, 0.15) is 5.56 Å². The van der Waals surface area contributed by atoms with E-state index in [0.29, 0.717) is 21.4 Å². The molecule has 0 fully saturated rings. The number of thioether (sulfide) groups is 1. The Labute approximate surface area is 137 Å². The van der Waals surface area contributed by atoms with Crippen molar-refractivity contribution in [2.24, 2.45) is 0 Å². The van der Waals surface area contributed by atoms with Crippen molar-refractivity contribution >= 4 is 52.2 Å². The van der Waals surface area contributed by atoms with Crippen LogP contribution in [0.3, 0.4) is 0 Å². The van der Waals surface area contributed by atoms with Crippen molar-refractivity contribution in [2.45, 2.75) is 11.8 Å². The number of hydrogen-bond acceptors (Lipinski definition) is 3. The van der Waals surface area contributed by atoms with Gasteiger partial charge in [0.05, 0.1) is 5.75 Å². The van der Waals surface area contributed by atoms with Gasteiger partial charge in [-0.1, -0.05) is 29.3 Å². The van der Waals surface area contributed by atoms with Crippen molar-refractivity contribution in [3.8, 4) is 0 Å². The average molecular weight is 341 g/mol. The molecule has 0 aliphatic carbocycles. The second-order valence-corrected chi connectivity index (χ2v) is 6.34. The van der Waals surface area contributed by atoms with Gasteiger partial charge >= 0.3 is 0 Å². The highest BCUT2D eigenvalue weighted by Crippen LogP contribution is 2.28. The normalized spacial score (nSPS) is 10.4. The predicted octanol–water partition coefficient (Wildman–Crippen LogP) is 4.61. The highest BCUT2D eigenvalue weighted by atomic mass is 35.5. The number of benzene rings is 2. The molecule has 3 nitrogen and oxygen atoms in total. The minimum absolute atomic E-state index is 0.116. The number of nitrogen functional groups attached to an aromatic ring is 1. The lowest BCUT2D eigenvalue weighted by Crippen LogP contribution is -2.14. The third-order valence-electron chi connectivity index (χ3n) is 2.79. The predicted molar refractivity (Wildman–Crippen MR) is 91.4 cm³/mol. The first-order chi connectivity index (χ1) is 9.95. The van der Waals surface area contributed by atoms with E-state index in [9.17, 15) is 4.79 Å². The summed E-state index contributed by atoms with van der Waals surface area (Å²) in [6.07, 6.45) is 0. The smallest absolute Gasteiger partial charge is 0.234 e. The van der Waals surface area contributed by atoms with Crippen molar-refractivity contribution in [1.29, 1.82) is 0 Å². The standard InChI is InChI=1S/C15H14Cl2N2OS/c1-9-2-4-11(7-12(9)17)19-15(20)8-21-14-5-3-10(16)6-13(14)18/h2-7H,8,18H2,1H3,(H,19,20). The summed E-state index contributed by atoms with van der Waals surface area (Å²) >= 11 is 13.2. The third kappa shape index (κ3) is 4.56. The number of halogens is 2. The van der Waals surface area contributed by atoms with Crippen molar-refractivity contribution in [3.63, 3.8) is 0 Å². The fraction of sp³-hybridized carbons (Fsp3) is 0.133. The second-order valence-electron chi connectivity index (χ2n) is 4.48. The highest BCUT2D eigenvalue weighted by molar-refractivity contribution is 8.00. The number of carbonyl (C=O) groups excluding carboxylic acids is 1. The first kappa shape index (κ1) is 16.0. The van der Waals surface area contributed by atoms with Crippen LogP contribution in [0.2, 0.25) is 10.0 Å². The maximum atomic E-state index is 11.9. The number of rotatable bonds is 4. The number of amides is 1. The molecule has 2 rings (SSSR count). The Bertz CT molecular complexity index is 677. The van der Waals surface area contributed by atoms with E-state index in [0.717, 1.165) is 10.5 Å². The SMILES string of the molecule is Cc1ccc(NC(=O)CSc2ccc(Cl)cc2N)cc1Cl. The number of aryl methyl sites for hydroxylation is 1. The molecule has 2 aromatic carbocycles. The van der Waals surface area contributed by atoms with Crippen LogP contribution < -0.4 is 11.1 Å². The van der Waals surface area contributed by atoms with Gasteiger partial charge in [0.1, 0.15) is 0 Å². The Hall–Kier alpha value is -1.36. The maximum Gasteiger partial charge on any atom is 0.234 e. The number of carbonyl (C=O) groups is 1. The van der Waals surface area contributed by atoms with E-state index in [2.05, 4.69) is 5.32 Å². The van der Waals surface area contributed by atoms with Crippen LogP contribution in [-0.4, -0.2) is 11.7 Å². The van der Waals surface area contributed by atoms with Gasteiger partial charge in [0.2, 0.25) is 5.91 Å². The third-order valence-corrected chi connectivity index (χ3v) is 4.52. The summed E-state index contributed by atoms with van der Waals surface area (Å²) in [5, 5.41) is 4.01. The molecule has 0 saturated carbocycles. The van der Waals surface area contributed by atoms with Crippen molar-refractivity contribution in [2.75, 3.05) is 16.8 Å². The Morgan fingerprint density at radius 1 is 1.24 bits per heavy atom. The lowest BCUT2D eigenvalue weighted by Gasteiger charge is -2.08. The quantitative estimate of drug-likeness (QED) is 0.630. The molecule has 0 bridgehead atoms. The summed E-state index contributed by atoms with van der Waals surface area (Å²) < 4.78 is 0. The molecule has 110 valence electrons. The van der Waals surface area contributed by atoms with E-state index in [1.165, 1.54) is 11.8 Å². The zero-order valence-corrected chi connectivity index (χ0v) is 13.6. The van der Waals surface area contributed by atoms with Gasteiger partial charge in [-0.2, -0.15) is 0 Å². The van der Waals surface area contributed by atoms with Gasteiger partial charge in [0.15, 0.2) is 0 Å². The van der Waals surface area contributed by atoms with Gasteiger partial charge < -0.3 is 11.1 Å². The van der Waals surface area contributed by atoms with Gasteiger partial charge in [-0.15, -0.1) is 11.8 Å². The molecule has 3 N–H and O–H groups in total. The van der Waals surface area contributed by atoms with Crippen LogP contribution in [0.4, 0.5) is 11.4 Å². The van der Waals surface area contributed by atoms with Crippen LogP contribution in [0.25, 0.3) is 0 Å². The van der Waals surface area contributed by atoms with Gasteiger partial charge in [-0.25, -0.2) is 0 Å². The monoisotopic (exact) mass is 340 g/mol. The first-order valence-electron chi connectivity index (χ1n) is 6.19. The molecule has 1 amide bonds. The number of nitrogens with one attached hydrogen (secondary N) is 1. The summed E-state index contributed by atoms with van der Waals surface area (Å²) in [5.41, 5.74) is 8.06. The topological polar surface area (TPSA) is 55.1 Å². The molecule has 0 unspecified atom stereocenters. The number of nitrogens with two attached hydrogens (primary N) is 1. The Kier molecular flexibility index (Phi) is 5.39. The zero-order chi connectivity index (χ0) is 15.4. The molecule has 0 spiro atoms. The summed E-state index contributed by atoms with van der Waals surface area (Å²) in [6.45, 7) is 1.91. The van der Waals surface area contributed by atoms with Crippen molar-refractivity contribution < 1.29 is 4.79 Å². The van der Waals surface area contributed by atoms with Gasteiger partial charge in [-0.3, -0.25) is 4.79 Å². The minimum atomic E-state index is -0.116. The lowest BCUT2D eigenvalue weighted by molar-refractivity contribution is -0.113. The Balaban J connectivity index is 1.94. The molecule has 0 aliphatic rings. The molecule has 0 aliphatic heterocycles. The Morgan fingerprint density at radius 2 is 2.00 bits per heavy atom. The zero-order valence-electron chi connectivity index (χ0n) is 11.3. The second kappa shape index (κ2) is 7.07. The van der Waals surface area contributed by atoms with Crippen LogP contribution in [0, 0.1) is 6.92 Å². The summed E-state index contributed by atoms with van der Waals surface area (Å²) in [6, 6.07) is 10.6. The molecule has 21 heavy (non-hydrogen) atoms. The molecule has 0 atom stereocenters. The summed E-state index contributed by atoms with van der Waals surface area (Å²) in [5.74, 6) is 0.145. The fourth-order valence-electron chi connectivity index (χ4n) is 1.66.